The molecule has 0 bridgehead atoms. The van der Waals surface area contributed by atoms with Crippen LogP contribution in [0.4, 0.5) is 0 Å². The lowest BCUT2D eigenvalue weighted by Gasteiger charge is -2.34. The molecule has 18 heavy (non-hydrogen) atoms. The summed E-state index contributed by atoms with van der Waals surface area (Å²) >= 11 is 0. The lowest BCUT2D eigenvalue weighted by molar-refractivity contribution is 0.199. The quantitative estimate of drug-likeness (QED) is 0.831. The van der Waals surface area contributed by atoms with E-state index in [1.807, 2.05) is 0 Å². The maximum Gasteiger partial charge on any atom is 0.282 e. The van der Waals surface area contributed by atoms with Gasteiger partial charge in [0.25, 0.3) is 10.2 Å². The standard InChI is InChI=1S/C12H24N2O3S/c1-13(11-6-3-2-4-7-11)18(16,17)14-9-5-8-12(14)10-15/h11-12,15H,2-10H2,1H3. The highest BCUT2D eigenvalue weighted by Crippen LogP contribution is 2.28. The molecule has 1 saturated carbocycles. The van der Waals surface area contributed by atoms with Gasteiger partial charge < -0.3 is 5.11 Å². The first-order valence-corrected chi connectivity index (χ1v) is 8.32. The molecular weight excluding hydrogens is 252 g/mol. The molecule has 0 aromatic rings. The number of hydrogen-bond donors (Lipinski definition) is 1. The monoisotopic (exact) mass is 276 g/mol. The van der Waals surface area contributed by atoms with E-state index >= 15 is 0 Å². The Morgan fingerprint density at radius 2 is 1.83 bits per heavy atom. The van der Waals surface area contributed by atoms with Crippen molar-refractivity contribution in [1.29, 1.82) is 0 Å². The maximum atomic E-state index is 12.5. The van der Waals surface area contributed by atoms with Gasteiger partial charge in [-0.05, 0) is 25.7 Å². The van der Waals surface area contributed by atoms with E-state index in [-0.39, 0.29) is 18.7 Å². The summed E-state index contributed by atoms with van der Waals surface area (Å²) in [5.74, 6) is 0. The van der Waals surface area contributed by atoms with Gasteiger partial charge in [0, 0.05) is 25.7 Å². The van der Waals surface area contributed by atoms with Crippen molar-refractivity contribution in [3.8, 4) is 0 Å². The van der Waals surface area contributed by atoms with Crippen LogP contribution in [0.25, 0.3) is 0 Å². The Morgan fingerprint density at radius 1 is 1.17 bits per heavy atom. The Morgan fingerprint density at radius 3 is 2.44 bits per heavy atom. The summed E-state index contributed by atoms with van der Waals surface area (Å²) in [6.07, 6.45) is 7.01. The zero-order valence-electron chi connectivity index (χ0n) is 11.1. The molecule has 106 valence electrons. The van der Waals surface area contributed by atoms with Crippen molar-refractivity contribution in [2.45, 2.75) is 57.0 Å². The topological polar surface area (TPSA) is 60.9 Å². The summed E-state index contributed by atoms with van der Waals surface area (Å²) in [5.41, 5.74) is 0. The van der Waals surface area contributed by atoms with Gasteiger partial charge in [-0.25, -0.2) is 0 Å². The van der Waals surface area contributed by atoms with E-state index in [1.54, 1.807) is 11.4 Å². The van der Waals surface area contributed by atoms with E-state index < -0.39 is 10.2 Å². The molecule has 0 aromatic carbocycles. The van der Waals surface area contributed by atoms with E-state index in [2.05, 4.69) is 0 Å². The van der Waals surface area contributed by atoms with Crippen LogP contribution in [-0.2, 0) is 10.2 Å². The minimum Gasteiger partial charge on any atom is -0.395 e. The summed E-state index contributed by atoms with van der Waals surface area (Å²) in [5, 5.41) is 9.27. The Balaban J connectivity index is 2.09. The van der Waals surface area contributed by atoms with Crippen LogP contribution >= 0.6 is 0 Å². The fraction of sp³-hybridized carbons (Fsp3) is 1.00. The Labute approximate surface area is 110 Å². The van der Waals surface area contributed by atoms with Gasteiger partial charge in [-0.1, -0.05) is 19.3 Å². The maximum absolute atomic E-state index is 12.5. The first-order chi connectivity index (χ1) is 8.57. The Hall–Kier alpha value is -0.170. The van der Waals surface area contributed by atoms with E-state index in [0.717, 1.165) is 38.5 Å². The molecule has 0 radical (unpaired) electrons. The van der Waals surface area contributed by atoms with Crippen molar-refractivity contribution in [1.82, 2.24) is 8.61 Å². The largest absolute Gasteiger partial charge is 0.395 e. The minimum absolute atomic E-state index is 0.0717. The van der Waals surface area contributed by atoms with Gasteiger partial charge >= 0.3 is 0 Å². The molecular formula is C12H24N2O3S. The van der Waals surface area contributed by atoms with Gasteiger partial charge in [-0.15, -0.1) is 0 Å². The zero-order chi connectivity index (χ0) is 13.2. The predicted molar refractivity (Wildman–Crippen MR) is 70.4 cm³/mol. The average Bonchev–Trinajstić information content (AvgIpc) is 2.88. The third-order valence-electron chi connectivity index (χ3n) is 4.28. The first kappa shape index (κ1) is 14.2. The predicted octanol–water partition coefficient (Wildman–Crippen LogP) is 0.952. The van der Waals surface area contributed by atoms with Crippen LogP contribution in [0, 0.1) is 0 Å². The Kier molecular flexibility index (Phi) is 4.64. The van der Waals surface area contributed by atoms with Gasteiger partial charge in [0.2, 0.25) is 0 Å². The fourth-order valence-electron chi connectivity index (χ4n) is 3.09. The minimum atomic E-state index is -3.39. The Bertz CT molecular complexity index is 366. The summed E-state index contributed by atoms with van der Waals surface area (Å²) < 4.78 is 28.1. The molecule has 1 heterocycles. The summed E-state index contributed by atoms with van der Waals surface area (Å²) in [7, 11) is -1.70. The molecule has 1 saturated heterocycles. The molecule has 1 atom stereocenters. The van der Waals surface area contributed by atoms with Gasteiger partial charge in [-0.2, -0.15) is 17.0 Å². The van der Waals surface area contributed by atoms with Gasteiger partial charge in [0.05, 0.1) is 6.61 Å². The lowest BCUT2D eigenvalue weighted by atomic mass is 9.96. The average molecular weight is 276 g/mol. The van der Waals surface area contributed by atoms with Crippen LogP contribution in [0.5, 0.6) is 0 Å². The van der Waals surface area contributed by atoms with Crippen molar-refractivity contribution in [3.05, 3.63) is 0 Å². The molecule has 0 spiro atoms. The van der Waals surface area contributed by atoms with Crippen LogP contribution in [0.2, 0.25) is 0 Å². The molecule has 2 fully saturated rings. The highest BCUT2D eigenvalue weighted by atomic mass is 32.2. The van der Waals surface area contributed by atoms with Gasteiger partial charge in [0.15, 0.2) is 0 Å². The van der Waals surface area contributed by atoms with E-state index in [9.17, 15) is 13.5 Å². The normalized spacial score (nSPS) is 28.1. The number of rotatable bonds is 4. The number of hydrogen-bond acceptors (Lipinski definition) is 3. The van der Waals surface area contributed by atoms with E-state index in [1.165, 1.54) is 10.7 Å². The number of nitrogens with zero attached hydrogens (tertiary/aromatic N) is 2. The molecule has 0 amide bonds. The van der Waals surface area contributed by atoms with Crippen LogP contribution in [0.3, 0.4) is 0 Å². The molecule has 0 aromatic heterocycles. The molecule has 5 nitrogen and oxygen atoms in total. The van der Waals surface area contributed by atoms with Crippen LogP contribution in [0.15, 0.2) is 0 Å². The zero-order valence-corrected chi connectivity index (χ0v) is 11.9. The fourth-order valence-corrected chi connectivity index (χ4v) is 4.92. The second kappa shape index (κ2) is 5.86. The van der Waals surface area contributed by atoms with Crippen molar-refractivity contribution in [3.63, 3.8) is 0 Å². The lowest BCUT2D eigenvalue weighted by Crippen LogP contribution is -2.49. The number of aliphatic hydroxyl groups excluding tert-OH is 1. The third kappa shape index (κ3) is 2.71. The van der Waals surface area contributed by atoms with Crippen LogP contribution in [0.1, 0.15) is 44.9 Å². The van der Waals surface area contributed by atoms with E-state index in [0.29, 0.717) is 6.54 Å². The second-order valence-electron chi connectivity index (χ2n) is 5.41. The molecule has 2 aliphatic rings. The van der Waals surface area contributed by atoms with Crippen molar-refractivity contribution in [2.75, 3.05) is 20.2 Å². The molecule has 1 N–H and O–H groups in total. The third-order valence-corrected chi connectivity index (χ3v) is 6.38. The highest BCUT2D eigenvalue weighted by Gasteiger charge is 2.38. The highest BCUT2D eigenvalue weighted by molar-refractivity contribution is 7.86. The van der Waals surface area contributed by atoms with Gasteiger partial charge in [-0.3, -0.25) is 0 Å². The summed E-state index contributed by atoms with van der Waals surface area (Å²) in [6.45, 7) is 0.475. The SMILES string of the molecule is CN(C1CCCCC1)S(=O)(=O)N1CCCC1CO. The summed E-state index contributed by atoms with van der Waals surface area (Å²) in [4.78, 5) is 0. The second-order valence-corrected chi connectivity index (χ2v) is 7.35. The smallest absolute Gasteiger partial charge is 0.282 e. The molecule has 1 aliphatic carbocycles. The molecule has 1 aliphatic heterocycles. The van der Waals surface area contributed by atoms with Crippen LogP contribution < -0.4 is 0 Å². The van der Waals surface area contributed by atoms with Gasteiger partial charge in [0.1, 0.15) is 0 Å². The number of aliphatic hydroxyl groups is 1. The van der Waals surface area contributed by atoms with Crippen molar-refractivity contribution < 1.29 is 13.5 Å². The van der Waals surface area contributed by atoms with Crippen LogP contribution in [-0.4, -0.2) is 54.4 Å². The van der Waals surface area contributed by atoms with Crippen molar-refractivity contribution in [2.24, 2.45) is 0 Å². The molecule has 6 heteroatoms. The summed E-state index contributed by atoms with van der Waals surface area (Å²) in [6, 6.07) is -0.0790. The molecule has 2 rings (SSSR count). The van der Waals surface area contributed by atoms with Crippen molar-refractivity contribution >= 4 is 10.2 Å². The first-order valence-electron chi connectivity index (χ1n) is 6.93. The molecule has 1 unspecified atom stereocenters. The van der Waals surface area contributed by atoms with E-state index in [4.69, 9.17) is 0 Å².